The lowest BCUT2D eigenvalue weighted by molar-refractivity contribution is 0.620. The molecule has 0 spiro atoms. The first kappa shape index (κ1) is 33.7. The van der Waals surface area contributed by atoms with Gasteiger partial charge in [-0.05, 0) is 69.4 Å². The zero-order valence-corrected chi connectivity index (χ0v) is 31.8. The molecule has 60 heavy (non-hydrogen) atoms. The number of rotatable bonds is 6. The van der Waals surface area contributed by atoms with Gasteiger partial charge in [0.1, 0.15) is 11.1 Å². The second-order valence-corrected chi connectivity index (χ2v) is 14.7. The molecule has 0 radical (unpaired) electrons. The monoisotopic (exact) mass is 770 g/mol. The van der Waals surface area contributed by atoms with Crippen LogP contribution >= 0.6 is 0 Å². The van der Waals surface area contributed by atoms with Crippen LogP contribution in [-0.4, -0.2) is 29.9 Å². The van der Waals surface area contributed by atoms with Crippen LogP contribution in [0.3, 0.4) is 0 Å². The fraction of sp³-hybridized carbons (Fsp3) is 0. The number of hydrogen-bond acceptors (Lipinski definition) is 8. The van der Waals surface area contributed by atoms with Crippen molar-refractivity contribution in [2.24, 2.45) is 0 Å². The standard InChI is InChI=1S/C52H30N6O2/c1-3-10-32(11-4-1)49-56-50(33-12-5-2-6-13-33)58-51(57-49)34-20-18-31(19-21-34)36-24-25-37(39-15-8-7-14-38(36)39)35-22-23-40-41-26-27-44-47(48(41)59-45(40)30-35)55-52(60-44)42-16-9-17-43-46(42)54-29-28-53-43/h1-30H. The average Bonchev–Trinajstić information content (AvgIpc) is 3.93. The van der Waals surface area contributed by atoms with Crippen LogP contribution in [0, 0.1) is 0 Å². The SMILES string of the molecule is c1ccc(-c2nc(-c3ccccc3)nc(-c3ccc(-c4ccc(-c5ccc6c(c5)oc5c6ccc6oc(-c7cccc8nccnc78)nc65)c5ccccc45)cc3)n2)cc1. The van der Waals surface area contributed by atoms with Gasteiger partial charge in [-0.15, -0.1) is 0 Å². The van der Waals surface area contributed by atoms with E-state index in [1.165, 1.54) is 0 Å². The summed E-state index contributed by atoms with van der Waals surface area (Å²) in [5, 5.41) is 4.30. The van der Waals surface area contributed by atoms with Gasteiger partial charge in [0, 0.05) is 39.9 Å². The highest BCUT2D eigenvalue weighted by atomic mass is 16.4. The van der Waals surface area contributed by atoms with Crippen LogP contribution in [0.25, 0.3) is 123 Å². The van der Waals surface area contributed by atoms with Crippen LogP contribution in [0.5, 0.6) is 0 Å². The van der Waals surface area contributed by atoms with Gasteiger partial charge in [-0.1, -0.05) is 133 Å². The fourth-order valence-corrected chi connectivity index (χ4v) is 8.21. The highest BCUT2D eigenvalue weighted by Gasteiger charge is 2.20. The van der Waals surface area contributed by atoms with Gasteiger partial charge < -0.3 is 8.83 Å². The van der Waals surface area contributed by atoms with Crippen LogP contribution < -0.4 is 0 Å². The predicted molar refractivity (Wildman–Crippen MR) is 238 cm³/mol. The predicted octanol–water partition coefficient (Wildman–Crippen LogP) is 13.0. The summed E-state index contributed by atoms with van der Waals surface area (Å²) in [7, 11) is 0. The van der Waals surface area contributed by atoms with Crippen LogP contribution in [0.2, 0.25) is 0 Å². The molecule has 0 aliphatic rings. The lowest BCUT2D eigenvalue weighted by Gasteiger charge is -2.13. The largest absolute Gasteiger partial charge is 0.454 e. The second kappa shape index (κ2) is 13.6. The Morgan fingerprint density at radius 1 is 0.333 bits per heavy atom. The third-order valence-electron chi connectivity index (χ3n) is 11.1. The van der Waals surface area contributed by atoms with Crippen LogP contribution in [0.4, 0.5) is 0 Å². The smallest absolute Gasteiger partial charge is 0.229 e. The van der Waals surface area contributed by atoms with Crippen LogP contribution in [0.15, 0.2) is 191 Å². The van der Waals surface area contributed by atoms with Gasteiger partial charge in [0.2, 0.25) is 5.89 Å². The Labute approximate surface area is 342 Å². The molecule has 0 aliphatic carbocycles. The molecule has 0 saturated heterocycles. The van der Waals surface area contributed by atoms with Gasteiger partial charge in [-0.2, -0.15) is 0 Å². The lowest BCUT2D eigenvalue weighted by Crippen LogP contribution is -2.00. The zero-order chi connectivity index (χ0) is 39.6. The van der Waals surface area contributed by atoms with E-state index in [1.54, 1.807) is 12.4 Å². The number of oxazole rings is 1. The van der Waals surface area contributed by atoms with E-state index in [1.807, 2.05) is 91.0 Å². The quantitative estimate of drug-likeness (QED) is 0.165. The normalized spacial score (nSPS) is 11.7. The second-order valence-electron chi connectivity index (χ2n) is 14.7. The van der Waals surface area contributed by atoms with Gasteiger partial charge in [0.25, 0.3) is 0 Å². The Kier molecular flexibility index (Phi) is 7.67. The van der Waals surface area contributed by atoms with Crippen molar-refractivity contribution in [1.82, 2.24) is 29.9 Å². The molecule has 0 unspecified atom stereocenters. The van der Waals surface area contributed by atoms with Gasteiger partial charge in [0.15, 0.2) is 34.2 Å². The number of fused-ring (bicyclic) bond motifs is 7. The van der Waals surface area contributed by atoms with Gasteiger partial charge in [-0.3, -0.25) is 9.97 Å². The minimum atomic E-state index is 0.478. The number of benzene rings is 8. The van der Waals surface area contributed by atoms with Crippen molar-refractivity contribution in [1.29, 1.82) is 0 Å². The highest BCUT2D eigenvalue weighted by molar-refractivity contribution is 6.14. The molecule has 0 N–H and O–H groups in total. The fourth-order valence-electron chi connectivity index (χ4n) is 8.21. The van der Waals surface area contributed by atoms with Crippen molar-refractivity contribution in [2.45, 2.75) is 0 Å². The van der Waals surface area contributed by atoms with Crippen molar-refractivity contribution in [3.8, 4) is 67.9 Å². The maximum absolute atomic E-state index is 6.62. The molecule has 280 valence electrons. The summed E-state index contributed by atoms with van der Waals surface area (Å²) in [6, 6.07) is 57.8. The molecule has 8 heteroatoms. The molecule has 8 nitrogen and oxygen atoms in total. The maximum atomic E-state index is 6.62. The molecular formula is C52H30N6O2. The number of hydrogen-bond donors (Lipinski definition) is 0. The Morgan fingerprint density at radius 3 is 1.62 bits per heavy atom. The molecule has 0 atom stereocenters. The molecule has 4 heterocycles. The Morgan fingerprint density at radius 2 is 0.917 bits per heavy atom. The third kappa shape index (κ3) is 5.61. The van der Waals surface area contributed by atoms with E-state index in [-0.39, 0.29) is 0 Å². The first-order valence-corrected chi connectivity index (χ1v) is 19.7. The molecule has 4 aromatic heterocycles. The zero-order valence-electron chi connectivity index (χ0n) is 31.8. The van der Waals surface area contributed by atoms with Crippen molar-refractivity contribution >= 4 is 54.8 Å². The van der Waals surface area contributed by atoms with Gasteiger partial charge in [-0.25, -0.2) is 19.9 Å². The van der Waals surface area contributed by atoms with E-state index in [2.05, 4.69) is 88.8 Å². The molecular weight excluding hydrogens is 741 g/mol. The number of aromatic nitrogens is 6. The molecule has 12 aromatic rings. The molecule has 12 rings (SSSR count). The summed E-state index contributed by atoms with van der Waals surface area (Å²) in [4.78, 5) is 28.6. The lowest BCUT2D eigenvalue weighted by atomic mass is 9.91. The summed E-state index contributed by atoms with van der Waals surface area (Å²) in [6.07, 6.45) is 3.36. The Bertz CT molecular complexity index is 3540. The first-order chi connectivity index (χ1) is 29.7. The van der Waals surface area contributed by atoms with Crippen molar-refractivity contribution in [2.75, 3.05) is 0 Å². The van der Waals surface area contributed by atoms with E-state index in [4.69, 9.17) is 28.8 Å². The summed E-state index contributed by atoms with van der Waals surface area (Å²) in [5.41, 5.74) is 12.3. The first-order valence-electron chi connectivity index (χ1n) is 19.7. The van der Waals surface area contributed by atoms with E-state index in [9.17, 15) is 0 Å². The van der Waals surface area contributed by atoms with Crippen LogP contribution in [-0.2, 0) is 0 Å². The minimum Gasteiger partial charge on any atom is -0.454 e. The molecule has 0 bridgehead atoms. The van der Waals surface area contributed by atoms with Gasteiger partial charge in [0.05, 0.1) is 11.1 Å². The number of nitrogens with zero attached hydrogens (tertiary/aromatic N) is 6. The van der Waals surface area contributed by atoms with E-state index in [0.29, 0.717) is 40.0 Å². The highest BCUT2D eigenvalue weighted by Crippen LogP contribution is 2.41. The summed E-state index contributed by atoms with van der Waals surface area (Å²) in [6.45, 7) is 0. The summed E-state index contributed by atoms with van der Waals surface area (Å²) < 4.78 is 12.9. The summed E-state index contributed by atoms with van der Waals surface area (Å²) in [5.74, 6) is 2.38. The van der Waals surface area contributed by atoms with Crippen molar-refractivity contribution < 1.29 is 8.83 Å². The van der Waals surface area contributed by atoms with E-state index in [0.717, 1.165) is 82.7 Å². The topological polar surface area (TPSA) is 104 Å². The van der Waals surface area contributed by atoms with E-state index >= 15 is 0 Å². The maximum Gasteiger partial charge on any atom is 0.229 e. The Hall–Kier alpha value is -8.36. The molecule has 0 amide bonds. The average molecular weight is 771 g/mol. The number of furan rings is 1. The minimum absolute atomic E-state index is 0.478. The van der Waals surface area contributed by atoms with Crippen LogP contribution in [0.1, 0.15) is 0 Å². The number of para-hydroxylation sites is 1. The summed E-state index contributed by atoms with van der Waals surface area (Å²) >= 11 is 0. The Balaban J connectivity index is 0.909. The van der Waals surface area contributed by atoms with E-state index < -0.39 is 0 Å². The van der Waals surface area contributed by atoms with Crippen molar-refractivity contribution in [3.05, 3.63) is 182 Å². The molecule has 0 aliphatic heterocycles. The molecule has 0 fully saturated rings. The molecule has 0 saturated carbocycles. The third-order valence-corrected chi connectivity index (χ3v) is 11.1. The molecule has 8 aromatic carbocycles. The van der Waals surface area contributed by atoms with Gasteiger partial charge >= 0.3 is 0 Å². The van der Waals surface area contributed by atoms with Crippen molar-refractivity contribution in [3.63, 3.8) is 0 Å².